The lowest BCUT2D eigenvalue weighted by Gasteiger charge is -2.09. The van der Waals surface area contributed by atoms with Crippen molar-refractivity contribution in [2.24, 2.45) is 0 Å². The highest BCUT2D eigenvalue weighted by Gasteiger charge is 1.99. The van der Waals surface area contributed by atoms with Crippen LogP contribution in [0, 0.1) is 0 Å². The predicted molar refractivity (Wildman–Crippen MR) is 121 cm³/mol. The summed E-state index contributed by atoms with van der Waals surface area (Å²) >= 11 is 0. The van der Waals surface area contributed by atoms with Crippen LogP contribution in [0.15, 0.2) is 0 Å². The van der Waals surface area contributed by atoms with Gasteiger partial charge in [0.05, 0.1) is 132 Å². The molecule has 0 heterocycles. The van der Waals surface area contributed by atoms with Gasteiger partial charge in [0.2, 0.25) is 0 Å². The molecule has 0 rings (SSSR count). The van der Waals surface area contributed by atoms with Gasteiger partial charge in [0.25, 0.3) is 0 Å². The van der Waals surface area contributed by atoms with E-state index in [4.69, 9.17) is 47.7 Å². The summed E-state index contributed by atoms with van der Waals surface area (Å²) in [6.07, 6.45) is 0.293. The SMILES string of the molecule is CCC(O)COCCOCCOCCOCCOCCOCCOCCOCCOCCO. The van der Waals surface area contributed by atoms with E-state index >= 15 is 0 Å². The number of aliphatic hydroxyl groups excluding tert-OH is 2. The van der Waals surface area contributed by atoms with Crippen molar-refractivity contribution in [2.75, 3.05) is 126 Å². The molecule has 33 heavy (non-hydrogen) atoms. The van der Waals surface area contributed by atoms with Crippen LogP contribution in [0.5, 0.6) is 0 Å². The molecule has 0 fully saturated rings. The number of aliphatic hydroxyl groups is 2. The second kappa shape index (κ2) is 29.6. The molecule has 0 spiro atoms. The van der Waals surface area contributed by atoms with Gasteiger partial charge in [-0.1, -0.05) is 6.92 Å². The van der Waals surface area contributed by atoms with Gasteiger partial charge < -0.3 is 52.8 Å². The molecule has 200 valence electrons. The van der Waals surface area contributed by atoms with Crippen molar-refractivity contribution in [2.45, 2.75) is 19.4 Å². The molecular formula is C22H46O11. The first-order valence-electron chi connectivity index (χ1n) is 11.8. The fraction of sp³-hybridized carbons (Fsp3) is 1.00. The Morgan fingerprint density at radius 1 is 0.424 bits per heavy atom. The summed E-state index contributed by atoms with van der Waals surface area (Å²) in [6.45, 7) is 10.6. The van der Waals surface area contributed by atoms with E-state index in [-0.39, 0.29) is 6.61 Å². The van der Waals surface area contributed by atoms with Gasteiger partial charge in [0.1, 0.15) is 0 Å². The molecule has 1 atom stereocenters. The highest BCUT2D eigenvalue weighted by Crippen LogP contribution is 1.91. The van der Waals surface area contributed by atoms with Crippen molar-refractivity contribution < 1.29 is 52.8 Å². The second-order valence-corrected chi connectivity index (χ2v) is 6.76. The molecule has 0 aliphatic carbocycles. The fourth-order valence-corrected chi connectivity index (χ4v) is 2.16. The number of hydrogen-bond acceptors (Lipinski definition) is 11. The number of hydrogen-bond donors (Lipinski definition) is 2. The molecule has 11 nitrogen and oxygen atoms in total. The van der Waals surface area contributed by atoms with E-state index in [2.05, 4.69) is 0 Å². The van der Waals surface area contributed by atoms with Crippen molar-refractivity contribution in [3.63, 3.8) is 0 Å². The number of rotatable bonds is 29. The Morgan fingerprint density at radius 3 is 0.909 bits per heavy atom. The molecule has 0 amide bonds. The summed E-state index contributed by atoms with van der Waals surface area (Å²) in [5.74, 6) is 0. The van der Waals surface area contributed by atoms with Crippen molar-refractivity contribution in [1.82, 2.24) is 0 Å². The third-order valence-electron chi connectivity index (χ3n) is 3.99. The van der Waals surface area contributed by atoms with Crippen LogP contribution < -0.4 is 0 Å². The smallest absolute Gasteiger partial charge is 0.0771 e. The van der Waals surface area contributed by atoms with Crippen molar-refractivity contribution in [3.05, 3.63) is 0 Å². The van der Waals surface area contributed by atoms with Crippen LogP contribution in [0.2, 0.25) is 0 Å². The van der Waals surface area contributed by atoms with E-state index in [0.29, 0.717) is 125 Å². The Bertz CT molecular complexity index is 350. The molecule has 0 radical (unpaired) electrons. The number of ether oxygens (including phenoxy) is 9. The van der Waals surface area contributed by atoms with E-state index < -0.39 is 6.10 Å². The van der Waals surface area contributed by atoms with Gasteiger partial charge in [-0.25, -0.2) is 0 Å². The first-order valence-corrected chi connectivity index (χ1v) is 11.8. The third kappa shape index (κ3) is 29.5. The zero-order valence-electron chi connectivity index (χ0n) is 20.3. The van der Waals surface area contributed by atoms with Crippen LogP contribution in [-0.2, 0) is 42.6 Å². The molecule has 0 saturated heterocycles. The van der Waals surface area contributed by atoms with Gasteiger partial charge in [-0.3, -0.25) is 0 Å². The highest BCUT2D eigenvalue weighted by atomic mass is 16.6. The minimum atomic E-state index is -0.398. The van der Waals surface area contributed by atoms with Crippen LogP contribution in [0.25, 0.3) is 0 Å². The van der Waals surface area contributed by atoms with E-state index in [1.807, 2.05) is 6.92 Å². The fourth-order valence-electron chi connectivity index (χ4n) is 2.16. The van der Waals surface area contributed by atoms with Gasteiger partial charge >= 0.3 is 0 Å². The van der Waals surface area contributed by atoms with E-state index in [9.17, 15) is 5.11 Å². The monoisotopic (exact) mass is 486 g/mol. The molecule has 0 aliphatic rings. The zero-order valence-corrected chi connectivity index (χ0v) is 20.3. The van der Waals surface area contributed by atoms with Crippen molar-refractivity contribution >= 4 is 0 Å². The lowest BCUT2D eigenvalue weighted by Crippen LogP contribution is -2.17. The normalized spacial score (nSPS) is 12.5. The van der Waals surface area contributed by atoms with Gasteiger partial charge in [-0.05, 0) is 6.42 Å². The summed E-state index contributed by atoms with van der Waals surface area (Å²) in [6, 6.07) is 0. The molecule has 0 bridgehead atoms. The largest absolute Gasteiger partial charge is 0.394 e. The molecular weight excluding hydrogens is 440 g/mol. The zero-order chi connectivity index (χ0) is 24.1. The Kier molecular flexibility index (Phi) is 29.2. The Labute approximate surface area is 198 Å². The van der Waals surface area contributed by atoms with Gasteiger partial charge in [0, 0.05) is 0 Å². The summed E-state index contributed by atoms with van der Waals surface area (Å²) in [5, 5.41) is 17.9. The van der Waals surface area contributed by atoms with Crippen LogP contribution in [-0.4, -0.2) is 142 Å². The Balaban J connectivity index is 3.01. The minimum absolute atomic E-state index is 0.0275. The first kappa shape index (κ1) is 32.6. The summed E-state index contributed by atoms with van der Waals surface area (Å²) in [5.41, 5.74) is 0. The molecule has 0 aliphatic heterocycles. The van der Waals surface area contributed by atoms with Gasteiger partial charge in [-0.2, -0.15) is 0 Å². The maximum atomic E-state index is 9.33. The van der Waals surface area contributed by atoms with Crippen molar-refractivity contribution in [3.8, 4) is 0 Å². The maximum Gasteiger partial charge on any atom is 0.0771 e. The summed E-state index contributed by atoms with van der Waals surface area (Å²) < 4.78 is 48.0. The van der Waals surface area contributed by atoms with E-state index in [1.54, 1.807) is 0 Å². The minimum Gasteiger partial charge on any atom is -0.394 e. The maximum absolute atomic E-state index is 9.33. The van der Waals surface area contributed by atoms with Crippen LogP contribution in [0.3, 0.4) is 0 Å². The molecule has 0 aromatic heterocycles. The Hall–Kier alpha value is -0.440. The average molecular weight is 487 g/mol. The average Bonchev–Trinajstić information content (AvgIpc) is 2.83. The van der Waals surface area contributed by atoms with E-state index in [1.165, 1.54) is 0 Å². The molecule has 0 saturated carbocycles. The van der Waals surface area contributed by atoms with Gasteiger partial charge in [-0.15, -0.1) is 0 Å². The summed E-state index contributed by atoms with van der Waals surface area (Å²) in [7, 11) is 0. The topological polar surface area (TPSA) is 124 Å². The lowest BCUT2D eigenvalue weighted by molar-refractivity contribution is -0.0283. The van der Waals surface area contributed by atoms with Crippen LogP contribution in [0.4, 0.5) is 0 Å². The van der Waals surface area contributed by atoms with Crippen molar-refractivity contribution in [1.29, 1.82) is 0 Å². The quantitative estimate of drug-likeness (QED) is 0.138. The van der Waals surface area contributed by atoms with Crippen LogP contribution >= 0.6 is 0 Å². The molecule has 0 aromatic rings. The third-order valence-corrected chi connectivity index (χ3v) is 3.99. The van der Waals surface area contributed by atoms with E-state index in [0.717, 1.165) is 0 Å². The van der Waals surface area contributed by atoms with Crippen LogP contribution in [0.1, 0.15) is 13.3 Å². The lowest BCUT2D eigenvalue weighted by atomic mass is 10.3. The molecule has 11 heteroatoms. The first-order chi connectivity index (χ1) is 16.3. The molecule has 1 unspecified atom stereocenters. The standard InChI is InChI=1S/C22H46O11/c1-2-22(24)21-33-20-19-32-18-17-31-16-15-30-14-13-29-12-11-28-10-9-27-8-7-26-6-5-25-4-3-23/h22-24H,2-21H2,1H3. The Morgan fingerprint density at radius 2 is 0.667 bits per heavy atom. The highest BCUT2D eigenvalue weighted by molar-refractivity contribution is 4.48. The summed E-state index contributed by atoms with van der Waals surface area (Å²) in [4.78, 5) is 0. The predicted octanol–water partition coefficient (Wildman–Crippen LogP) is -0.101. The molecule has 2 N–H and O–H groups in total. The molecule has 0 aromatic carbocycles. The van der Waals surface area contributed by atoms with Gasteiger partial charge in [0.15, 0.2) is 0 Å². The second-order valence-electron chi connectivity index (χ2n) is 6.76.